The van der Waals surface area contributed by atoms with E-state index >= 15 is 0 Å². The van der Waals surface area contributed by atoms with Gasteiger partial charge >= 0.3 is 12.1 Å². The number of carbonyl (C=O) groups is 1. The lowest BCUT2D eigenvalue weighted by atomic mass is 9.93. The predicted molar refractivity (Wildman–Crippen MR) is 85.8 cm³/mol. The molecule has 1 fully saturated rings. The van der Waals surface area contributed by atoms with Gasteiger partial charge in [0.1, 0.15) is 0 Å². The number of aryl methyl sites for hydroxylation is 1. The van der Waals surface area contributed by atoms with E-state index in [4.69, 9.17) is 5.11 Å². The van der Waals surface area contributed by atoms with Gasteiger partial charge < -0.3 is 5.11 Å². The summed E-state index contributed by atoms with van der Waals surface area (Å²) >= 11 is 0. The number of carboxylic acid groups (broad SMARTS) is 1. The van der Waals surface area contributed by atoms with Crippen LogP contribution in [-0.4, -0.2) is 35.1 Å². The van der Waals surface area contributed by atoms with E-state index in [0.717, 1.165) is 38.3 Å². The first-order valence-corrected chi connectivity index (χ1v) is 8.40. The molecule has 0 radical (unpaired) electrons. The molecule has 1 N–H and O–H groups in total. The van der Waals surface area contributed by atoms with Crippen molar-refractivity contribution in [2.75, 3.05) is 13.1 Å². The number of rotatable bonds is 6. The van der Waals surface area contributed by atoms with Gasteiger partial charge in [-0.3, -0.25) is 9.69 Å². The van der Waals surface area contributed by atoms with Crippen molar-refractivity contribution < 1.29 is 23.1 Å². The van der Waals surface area contributed by atoms with Gasteiger partial charge in [-0.05, 0) is 57.2 Å². The molecule has 0 aromatic heterocycles. The van der Waals surface area contributed by atoms with E-state index in [1.165, 1.54) is 12.1 Å². The number of carboxylic acids is 1. The number of unbranched alkanes of at least 4 members (excludes halogenated alkanes) is 1. The molecule has 0 amide bonds. The Balaban J connectivity index is 1.79. The van der Waals surface area contributed by atoms with Crippen LogP contribution in [0.4, 0.5) is 13.2 Å². The highest BCUT2D eigenvalue weighted by Crippen LogP contribution is 2.30. The molecular formula is C18H24F3NO2. The van der Waals surface area contributed by atoms with Gasteiger partial charge in [-0.25, -0.2) is 0 Å². The average molecular weight is 343 g/mol. The van der Waals surface area contributed by atoms with Crippen molar-refractivity contribution in [2.24, 2.45) is 5.92 Å². The number of benzene rings is 1. The summed E-state index contributed by atoms with van der Waals surface area (Å²) in [7, 11) is 0. The zero-order valence-electron chi connectivity index (χ0n) is 13.9. The molecule has 0 aliphatic carbocycles. The topological polar surface area (TPSA) is 40.5 Å². The number of nitrogens with zero attached hydrogens (tertiary/aromatic N) is 1. The lowest BCUT2D eigenvalue weighted by molar-refractivity contribution is -0.144. The van der Waals surface area contributed by atoms with Crippen LogP contribution in [0.25, 0.3) is 0 Å². The van der Waals surface area contributed by atoms with Gasteiger partial charge in [0, 0.05) is 12.6 Å². The molecule has 1 aliphatic rings. The van der Waals surface area contributed by atoms with Gasteiger partial charge in [0.2, 0.25) is 0 Å². The van der Waals surface area contributed by atoms with Crippen LogP contribution in [0.5, 0.6) is 0 Å². The smallest absolute Gasteiger partial charge is 0.416 e. The second-order valence-electron chi connectivity index (χ2n) is 6.61. The SMILES string of the molecule is CC1CCC(C(=O)O)CN1CCCCc1cccc(C(F)(F)F)c1. The summed E-state index contributed by atoms with van der Waals surface area (Å²) in [5, 5.41) is 9.14. The molecule has 2 rings (SSSR count). The molecule has 0 bridgehead atoms. The van der Waals surface area contributed by atoms with Crippen LogP contribution < -0.4 is 0 Å². The summed E-state index contributed by atoms with van der Waals surface area (Å²) in [6, 6.07) is 5.84. The summed E-state index contributed by atoms with van der Waals surface area (Å²) in [5.74, 6) is -1.04. The van der Waals surface area contributed by atoms with Gasteiger partial charge in [-0.1, -0.05) is 18.2 Å². The standard InChI is InChI=1S/C18H24F3NO2/c1-13-8-9-15(17(23)24)12-22(13)10-3-2-5-14-6-4-7-16(11-14)18(19,20)21/h4,6-7,11,13,15H,2-3,5,8-10,12H2,1H3,(H,23,24). The predicted octanol–water partition coefficient (Wildman–Crippen LogP) is 4.21. The minimum absolute atomic E-state index is 0.301. The summed E-state index contributed by atoms with van der Waals surface area (Å²) in [5.41, 5.74) is 0.0916. The van der Waals surface area contributed by atoms with Crippen LogP contribution in [-0.2, 0) is 17.4 Å². The zero-order chi connectivity index (χ0) is 17.7. The van der Waals surface area contributed by atoms with Crippen molar-refractivity contribution in [3.63, 3.8) is 0 Å². The Bertz CT molecular complexity index is 559. The molecule has 1 aliphatic heterocycles. The Kier molecular flexibility index (Phi) is 6.27. The lowest BCUT2D eigenvalue weighted by Crippen LogP contribution is -2.44. The summed E-state index contributed by atoms with van der Waals surface area (Å²) in [6.07, 6.45) is -0.448. The first-order chi connectivity index (χ1) is 11.3. The Hall–Kier alpha value is -1.56. The van der Waals surface area contributed by atoms with Gasteiger partial charge in [0.25, 0.3) is 0 Å². The molecule has 1 saturated heterocycles. The molecule has 0 spiro atoms. The van der Waals surface area contributed by atoms with Crippen molar-refractivity contribution >= 4 is 5.97 Å². The normalized spacial score (nSPS) is 22.5. The van der Waals surface area contributed by atoms with Crippen LogP contribution >= 0.6 is 0 Å². The third-order valence-electron chi connectivity index (χ3n) is 4.78. The minimum Gasteiger partial charge on any atom is -0.481 e. The Morgan fingerprint density at radius 2 is 2.04 bits per heavy atom. The van der Waals surface area contributed by atoms with Crippen LogP contribution in [0.15, 0.2) is 24.3 Å². The quantitative estimate of drug-likeness (QED) is 0.787. The molecule has 2 unspecified atom stereocenters. The molecule has 1 heterocycles. The number of hydrogen-bond acceptors (Lipinski definition) is 2. The van der Waals surface area contributed by atoms with Crippen LogP contribution in [0.3, 0.4) is 0 Å². The lowest BCUT2D eigenvalue weighted by Gasteiger charge is -2.36. The zero-order valence-corrected chi connectivity index (χ0v) is 13.9. The molecule has 0 saturated carbocycles. The first-order valence-electron chi connectivity index (χ1n) is 8.40. The third-order valence-corrected chi connectivity index (χ3v) is 4.78. The Morgan fingerprint density at radius 1 is 1.29 bits per heavy atom. The fraction of sp³-hybridized carbons (Fsp3) is 0.611. The molecular weight excluding hydrogens is 319 g/mol. The van der Waals surface area contributed by atoms with Crippen LogP contribution in [0, 0.1) is 5.92 Å². The molecule has 6 heteroatoms. The van der Waals surface area contributed by atoms with Gasteiger partial charge in [0.15, 0.2) is 0 Å². The van der Waals surface area contributed by atoms with Gasteiger partial charge in [-0.2, -0.15) is 13.2 Å². The molecule has 2 atom stereocenters. The van der Waals surface area contributed by atoms with E-state index in [1.807, 2.05) is 0 Å². The Labute approximate surface area is 140 Å². The minimum atomic E-state index is -4.30. The van der Waals surface area contributed by atoms with E-state index < -0.39 is 17.7 Å². The molecule has 1 aromatic rings. The van der Waals surface area contributed by atoms with Crippen molar-refractivity contribution in [1.82, 2.24) is 4.90 Å². The molecule has 1 aromatic carbocycles. The first kappa shape index (κ1) is 18.8. The highest BCUT2D eigenvalue weighted by atomic mass is 19.4. The van der Waals surface area contributed by atoms with Crippen molar-refractivity contribution in [3.8, 4) is 0 Å². The third kappa shape index (κ3) is 5.23. The summed E-state index contributed by atoms with van der Waals surface area (Å²) in [4.78, 5) is 13.3. The number of halogens is 3. The van der Waals surface area contributed by atoms with E-state index in [1.54, 1.807) is 6.07 Å². The monoisotopic (exact) mass is 343 g/mol. The Morgan fingerprint density at radius 3 is 2.71 bits per heavy atom. The van der Waals surface area contributed by atoms with Gasteiger partial charge in [-0.15, -0.1) is 0 Å². The maximum Gasteiger partial charge on any atom is 0.416 e. The van der Waals surface area contributed by atoms with Crippen LogP contribution in [0.1, 0.15) is 43.7 Å². The van der Waals surface area contributed by atoms with Crippen molar-refractivity contribution in [1.29, 1.82) is 0 Å². The fourth-order valence-electron chi connectivity index (χ4n) is 3.24. The molecule has 3 nitrogen and oxygen atoms in total. The van der Waals surface area contributed by atoms with E-state index in [-0.39, 0.29) is 5.92 Å². The number of aliphatic carboxylic acids is 1. The number of alkyl halides is 3. The van der Waals surface area contributed by atoms with E-state index in [9.17, 15) is 18.0 Å². The average Bonchev–Trinajstić information content (AvgIpc) is 2.52. The molecule has 24 heavy (non-hydrogen) atoms. The van der Waals surface area contributed by atoms with Crippen molar-refractivity contribution in [2.45, 2.75) is 51.2 Å². The van der Waals surface area contributed by atoms with Crippen LogP contribution in [0.2, 0.25) is 0 Å². The van der Waals surface area contributed by atoms with Gasteiger partial charge in [0.05, 0.1) is 11.5 Å². The van der Waals surface area contributed by atoms with Crippen molar-refractivity contribution in [3.05, 3.63) is 35.4 Å². The second kappa shape index (κ2) is 8.01. The number of hydrogen-bond donors (Lipinski definition) is 1. The largest absolute Gasteiger partial charge is 0.481 e. The number of piperidine rings is 1. The molecule has 134 valence electrons. The highest BCUT2D eigenvalue weighted by Gasteiger charge is 2.30. The van der Waals surface area contributed by atoms with E-state index in [0.29, 0.717) is 24.6 Å². The number of likely N-dealkylation sites (tertiary alicyclic amines) is 1. The fourth-order valence-corrected chi connectivity index (χ4v) is 3.24. The maximum atomic E-state index is 12.7. The van der Waals surface area contributed by atoms with E-state index in [2.05, 4.69) is 11.8 Å². The summed E-state index contributed by atoms with van der Waals surface area (Å²) < 4.78 is 38.1. The highest BCUT2D eigenvalue weighted by molar-refractivity contribution is 5.70. The maximum absolute atomic E-state index is 12.7. The summed E-state index contributed by atoms with van der Waals surface area (Å²) in [6.45, 7) is 3.47. The second-order valence-corrected chi connectivity index (χ2v) is 6.61.